The molecule has 1 unspecified atom stereocenters. The lowest BCUT2D eigenvalue weighted by Gasteiger charge is -2.26. The van der Waals surface area contributed by atoms with E-state index in [1.165, 1.54) is 17.2 Å². The van der Waals surface area contributed by atoms with Crippen LogP contribution >= 0.6 is 0 Å². The van der Waals surface area contributed by atoms with Crippen LogP contribution in [0.1, 0.15) is 71.9 Å². The largest absolute Gasteiger partial charge is 0.448 e. The van der Waals surface area contributed by atoms with Crippen molar-refractivity contribution < 1.29 is 9.52 Å². The summed E-state index contributed by atoms with van der Waals surface area (Å²) in [4.78, 5) is 4.70. The summed E-state index contributed by atoms with van der Waals surface area (Å²) in [6.45, 7) is 26.6. The van der Waals surface area contributed by atoms with Crippen LogP contribution in [0.25, 0.3) is 11.3 Å². The molecule has 0 amide bonds. The van der Waals surface area contributed by atoms with Gasteiger partial charge in [0.2, 0.25) is 0 Å². The van der Waals surface area contributed by atoms with Gasteiger partial charge in [0, 0.05) is 24.2 Å². The number of hydrogen-bond acceptors (Lipinski definition) is 5. The molecule has 2 rings (SSSR count). The van der Waals surface area contributed by atoms with Gasteiger partial charge in [-0.15, -0.1) is 6.58 Å². The maximum Gasteiger partial charge on any atom is 0.194 e. The first-order chi connectivity index (χ1) is 16.3. The van der Waals surface area contributed by atoms with Gasteiger partial charge in [-0.25, -0.2) is 4.98 Å². The van der Waals surface area contributed by atoms with E-state index in [9.17, 15) is 0 Å². The summed E-state index contributed by atoms with van der Waals surface area (Å²) in [7, 11) is 0. The molecule has 0 aliphatic carbocycles. The monoisotopic (exact) mass is 479 g/mol. The summed E-state index contributed by atoms with van der Waals surface area (Å²) in [5, 5.41) is 14.5. The maximum atomic E-state index is 9.10. The van der Waals surface area contributed by atoms with Crippen molar-refractivity contribution in [1.82, 2.24) is 15.6 Å². The predicted octanol–water partition coefficient (Wildman–Crippen LogP) is 6.77. The first-order valence-corrected chi connectivity index (χ1v) is 12.1. The molecule has 5 nitrogen and oxygen atoms in total. The van der Waals surface area contributed by atoms with Gasteiger partial charge in [-0.05, 0) is 53.5 Å². The fourth-order valence-electron chi connectivity index (χ4n) is 3.05. The van der Waals surface area contributed by atoms with Crippen LogP contribution in [0.5, 0.6) is 0 Å². The number of allylic oxidation sites excluding steroid dienone is 3. The molecule has 0 saturated heterocycles. The molecule has 0 saturated carbocycles. The van der Waals surface area contributed by atoms with Crippen LogP contribution in [0.4, 0.5) is 0 Å². The van der Waals surface area contributed by atoms with Crippen LogP contribution in [0, 0.1) is 0 Å². The van der Waals surface area contributed by atoms with E-state index in [1.54, 1.807) is 12.3 Å². The third-order valence-electron chi connectivity index (χ3n) is 5.30. The number of aromatic nitrogens is 1. The minimum Gasteiger partial charge on any atom is -0.448 e. The minimum absolute atomic E-state index is 0.106. The van der Waals surface area contributed by atoms with Gasteiger partial charge in [0.1, 0.15) is 12.0 Å². The summed E-state index contributed by atoms with van der Waals surface area (Å²) in [5.74, 6) is 0.807. The van der Waals surface area contributed by atoms with Crippen molar-refractivity contribution >= 4 is 0 Å². The summed E-state index contributed by atoms with van der Waals surface area (Å²) in [6.07, 6.45) is 10.2. The Morgan fingerprint density at radius 3 is 2.17 bits per heavy atom. The number of aliphatic hydroxyl groups excluding tert-OH is 1. The molecule has 2 aromatic rings. The lowest BCUT2D eigenvalue weighted by molar-refractivity contribution is 0.118. The zero-order valence-corrected chi connectivity index (χ0v) is 22.7. The van der Waals surface area contributed by atoms with Gasteiger partial charge in [-0.1, -0.05) is 79.0 Å². The zero-order valence-electron chi connectivity index (χ0n) is 22.7. The lowest BCUT2D eigenvalue weighted by atomic mass is 9.79. The van der Waals surface area contributed by atoms with Crippen molar-refractivity contribution in [3.8, 4) is 11.3 Å². The van der Waals surface area contributed by atoms with Gasteiger partial charge in [0.25, 0.3) is 0 Å². The smallest absolute Gasteiger partial charge is 0.194 e. The summed E-state index contributed by atoms with van der Waals surface area (Å²) >= 11 is 0. The van der Waals surface area contributed by atoms with Gasteiger partial charge in [-0.3, -0.25) is 5.32 Å². The molecule has 0 fully saturated rings. The van der Waals surface area contributed by atoms with E-state index in [0.717, 1.165) is 30.0 Å². The van der Waals surface area contributed by atoms with Crippen molar-refractivity contribution in [1.29, 1.82) is 0 Å². The number of hydrogen-bond donors (Lipinski definition) is 3. The van der Waals surface area contributed by atoms with Gasteiger partial charge in [-0.2, -0.15) is 0 Å². The molecule has 1 heterocycles. The molecular weight excluding hydrogens is 434 g/mol. The molecule has 5 heteroatoms. The molecule has 0 bridgehead atoms. The molecule has 192 valence electrons. The number of rotatable bonds is 10. The molecule has 3 N–H and O–H groups in total. The van der Waals surface area contributed by atoms with E-state index in [0.29, 0.717) is 12.2 Å². The van der Waals surface area contributed by atoms with Gasteiger partial charge in [0.15, 0.2) is 12.2 Å². The molecule has 1 aromatic carbocycles. The van der Waals surface area contributed by atoms with Crippen molar-refractivity contribution in [2.24, 2.45) is 0 Å². The maximum absolute atomic E-state index is 9.10. The summed E-state index contributed by atoms with van der Waals surface area (Å²) < 4.78 is 5.67. The minimum atomic E-state index is -0.793. The predicted molar refractivity (Wildman–Crippen MR) is 149 cm³/mol. The van der Waals surface area contributed by atoms with E-state index >= 15 is 0 Å². The zero-order chi connectivity index (χ0) is 26.6. The molecule has 0 aliphatic rings. The first-order valence-electron chi connectivity index (χ1n) is 12.1. The van der Waals surface area contributed by atoms with Gasteiger partial charge >= 0.3 is 0 Å². The Hall–Kier alpha value is -2.89. The van der Waals surface area contributed by atoms with Crippen molar-refractivity contribution in [3.63, 3.8) is 0 Å². The highest BCUT2D eigenvalue weighted by molar-refractivity contribution is 5.62. The van der Waals surface area contributed by atoms with E-state index in [2.05, 4.69) is 102 Å². The average molecular weight is 480 g/mol. The number of aryl methyl sites for hydroxylation is 1. The van der Waals surface area contributed by atoms with Crippen LogP contribution in [0.3, 0.4) is 0 Å². The molecule has 35 heavy (non-hydrogen) atoms. The second-order valence-corrected chi connectivity index (χ2v) is 10.5. The van der Waals surface area contributed by atoms with Crippen LogP contribution in [0.15, 0.2) is 78.6 Å². The van der Waals surface area contributed by atoms with Gasteiger partial charge < -0.3 is 14.8 Å². The van der Waals surface area contributed by atoms with Crippen LogP contribution < -0.4 is 10.6 Å². The molecule has 0 aliphatic heterocycles. The standard InChI is InChI=1S/C22H31NO.C8H14N2O/c1-8-9-10-11-20-23-19(15-24-20)16-12-17(21(2,3)4)14-18(13-16)22(5,6)7;1-4-6-9-8(11)10-7(3)5-2/h8-9,12-15H,10-11H2,1-7H3;4-5,8-11H,1-3,6H2/b9-8+;. The topological polar surface area (TPSA) is 70.3 Å². The van der Waals surface area contributed by atoms with Crippen molar-refractivity contribution in [2.45, 2.75) is 78.5 Å². The third-order valence-corrected chi connectivity index (χ3v) is 5.30. The van der Waals surface area contributed by atoms with Gasteiger partial charge in [0.05, 0.1) is 0 Å². The Balaban J connectivity index is 0.000000471. The lowest BCUT2D eigenvalue weighted by Crippen LogP contribution is -2.40. The van der Waals surface area contributed by atoms with E-state index in [4.69, 9.17) is 14.5 Å². The Kier molecular flexibility index (Phi) is 11.9. The molecule has 1 aromatic heterocycles. The van der Waals surface area contributed by atoms with Crippen LogP contribution in [-0.4, -0.2) is 23.0 Å². The van der Waals surface area contributed by atoms with E-state index < -0.39 is 6.35 Å². The Morgan fingerprint density at radius 1 is 1.09 bits per heavy atom. The number of oxazole rings is 1. The average Bonchev–Trinajstić information content (AvgIpc) is 3.26. The third kappa shape index (κ3) is 10.9. The molecule has 1 atom stereocenters. The highest BCUT2D eigenvalue weighted by Crippen LogP contribution is 2.33. The fourth-order valence-corrected chi connectivity index (χ4v) is 3.05. The Labute approximate surface area is 212 Å². The highest BCUT2D eigenvalue weighted by Gasteiger charge is 2.21. The summed E-state index contributed by atoms with van der Waals surface area (Å²) in [6, 6.07) is 6.84. The quantitative estimate of drug-likeness (QED) is 0.199. The molecule has 0 radical (unpaired) electrons. The second kappa shape index (κ2) is 13.9. The van der Waals surface area contributed by atoms with Crippen molar-refractivity contribution in [2.75, 3.05) is 6.54 Å². The number of nitrogens with one attached hydrogen (secondary N) is 2. The SMILES string of the molecule is C/C=C/CCc1nc(-c2cc(C(C)(C)C)cc(C(C)(C)C)c2)co1.C=CCNC(O)NC(=C)C=C. The number of aliphatic hydroxyl groups is 1. The normalized spacial score (nSPS) is 12.6. The van der Waals surface area contributed by atoms with Crippen LogP contribution in [0.2, 0.25) is 0 Å². The first kappa shape index (κ1) is 30.1. The number of nitrogens with zero attached hydrogens (tertiary/aromatic N) is 1. The Bertz CT molecular complexity index is 956. The van der Waals surface area contributed by atoms with E-state index in [1.807, 2.05) is 6.92 Å². The highest BCUT2D eigenvalue weighted by atomic mass is 16.3. The van der Waals surface area contributed by atoms with Crippen LogP contribution in [-0.2, 0) is 17.3 Å². The summed E-state index contributed by atoms with van der Waals surface area (Å²) in [5.41, 5.74) is 5.54. The second-order valence-electron chi connectivity index (χ2n) is 10.5. The Morgan fingerprint density at radius 2 is 1.69 bits per heavy atom. The van der Waals surface area contributed by atoms with E-state index in [-0.39, 0.29) is 10.8 Å². The number of benzene rings is 1. The fraction of sp³-hybridized carbons (Fsp3) is 0.433. The van der Waals surface area contributed by atoms with Crippen molar-refractivity contribution in [3.05, 3.63) is 91.2 Å². The molecular formula is C30H45N3O2. The molecule has 0 spiro atoms.